The molecule has 1 aromatic carbocycles. The minimum absolute atomic E-state index is 0.000508. The Balaban J connectivity index is 2.84. The summed E-state index contributed by atoms with van der Waals surface area (Å²) in [6.45, 7) is 1.79. The summed E-state index contributed by atoms with van der Waals surface area (Å²) >= 11 is 0. The van der Waals surface area contributed by atoms with E-state index in [0.717, 1.165) is 6.07 Å². The number of rotatable bonds is 6. The van der Waals surface area contributed by atoms with Gasteiger partial charge in [-0.3, -0.25) is 4.79 Å². The number of aliphatic hydroxyl groups excluding tert-OH is 2. The van der Waals surface area contributed by atoms with Crippen molar-refractivity contribution in [3.63, 3.8) is 0 Å². The van der Waals surface area contributed by atoms with Gasteiger partial charge in [0.25, 0.3) is 0 Å². The van der Waals surface area contributed by atoms with Gasteiger partial charge in [0.2, 0.25) is 0 Å². The van der Waals surface area contributed by atoms with Crippen LogP contribution < -0.4 is 0 Å². The molecule has 0 bridgehead atoms. The Bertz CT molecular complexity index is 512. The molecular formula is C14H18O7. The highest BCUT2D eigenvalue weighted by Crippen LogP contribution is 2.28. The lowest BCUT2D eigenvalue weighted by Crippen LogP contribution is -2.23. The summed E-state index contributed by atoms with van der Waals surface area (Å²) in [5, 5.41) is 29.5. The first kappa shape index (κ1) is 16.9. The minimum Gasteiger partial charge on any atom is -0.508 e. The number of hydrogen-bond acceptors (Lipinski definition) is 7. The van der Waals surface area contributed by atoms with E-state index in [9.17, 15) is 24.9 Å². The molecule has 7 nitrogen and oxygen atoms in total. The molecule has 1 aromatic rings. The number of carbonyl (C=O) groups is 2. The van der Waals surface area contributed by atoms with Gasteiger partial charge in [0.05, 0.1) is 31.8 Å². The highest BCUT2D eigenvalue weighted by atomic mass is 16.5. The molecule has 3 N–H and O–H groups in total. The third-order valence-electron chi connectivity index (χ3n) is 2.82. The lowest BCUT2D eigenvalue weighted by atomic mass is 9.99. The predicted octanol–water partition coefficient (Wildman–Crippen LogP) is 0.526. The van der Waals surface area contributed by atoms with Gasteiger partial charge in [0.1, 0.15) is 11.9 Å². The van der Waals surface area contributed by atoms with Crippen LogP contribution >= 0.6 is 0 Å². The number of carbonyl (C=O) groups excluding carboxylic acids is 2. The van der Waals surface area contributed by atoms with Crippen molar-refractivity contribution in [2.45, 2.75) is 25.6 Å². The van der Waals surface area contributed by atoms with Gasteiger partial charge in [-0.05, 0) is 19.1 Å². The third-order valence-corrected chi connectivity index (χ3v) is 2.82. The van der Waals surface area contributed by atoms with E-state index in [1.807, 2.05) is 0 Å². The van der Waals surface area contributed by atoms with E-state index in [2.05, 4.69) is 9.47 Å². The van der Waals surface area contributed by atoms with Gasteiger partial charge in [-0.15, -0.1) is 0 Å². The fourth-order valence-electron chi connectivity index (χ4n) is 1.75. The third kappa shape index (κ3) is 4.44. The molecule has 0 spiro atoms. The molecule has 0 fully saturated rings. The van der Waals surface area contributed by atoms with Gasteiger partial charge in [-0.25, -0.2) is 4.79 Å². The minimum atomic E-state index is -1.49. The van der Waals surface area contributed by atoms with Crippen molar-refractivity contribution in [3.05, 3.63) is 29.3 Å². The monoisotopic (exact) mass is 298 g/mol. The summed E-state index contributed by atoms with van der Waals surface area (Å²) in [6, 6.07) is 3.73. The summed E-state index contributed by atoms with van der Waals surface area (Å²) in [6.07, 6.45) is -3.33. The lowest BCUT2D eigenvalue weighted by Gasteiger charge is -2.18. The molecule has 0 aliphatic heterocycles. The Hall–Kier alpha value is -2.12. The quantitative estimate of drug-likeness (QED) is 0.656. The average molecular weight is 298 g/mol. The maximum absolute atomic E-state index is 11.3. The van der Waals surface area contributed by atoms with Crippen LogP contribution in [-0.4, -0.2) is 47.1 Å². The van der Waals surface area contributed by atoms with Crippen molar-refractivity contribution >= 4 is 11.9 Å². The Kier molecular flexibility index (Phi) is 6.13. The molecular weight excluding hydrogens is 280 g/mol. The van der Waals surface area contributed by atoms with E-state index in [1.165, 1.54) is 19.2 Å². The summed E-state index contributed by atoms with van der Waals surface area (Å²) in [5.74, 6) is -1.68. The number of hydrogen-bond donors (Lipinski definition) is 3. The van der Waals surface area contributed by atoms with Crippen LogP contribution in [0.4, 0.5) is 0 Å². The Labute approximate surface area is 121 Å². The molecule has 0 saturated carbocycles. The van der Waals surface area contributed by atoms with Crippen LogP contribution in [0.5, 0.6) is 5.75 Å². The van der Waals surface area contributed by atoms with Crippen LogP contribution in [0.3, 0.4) is 0 Å². The largest absolute Gasteiger partial charge is 0.508 e. The van der Waals surface area contributed by atoms with Crippen molar-refractivity contribution in [1.82, 2.24) is 0 Å². The molecule has 0 saturated heterocycles. The van der Waals surface area contributed by atoms with Crippen LogP contribution in [0.15, 0.2) is 18.2 Å². The number of ether oxygens (including phenoxy) is 2. The molecule has 21 heavy (non-hydrogen) atoms. The zero-order valence-corrected chi connectivity index (χ0v) is 11.8. The Morgan fingerprint density at radius 3 is 2.48 bits per heavy atom. The number of phenols is 1. The van der Waals surface area contributed by atoms with E-state index in [4.69, 9.17) is 0 Å². The van der Waals surface area contributed by atoms with Crippen molar-refractivity contribution in [2.24, 2.45) is 0 Å². The van der Waals surface area contributed by atoms with Crippen LogP contribution in [0, 0.1) is 0 Å². The lowest BCUT2D eigenvalue weighted by molar-refractivity contribution is -0.147. The summed E-state index contributed by atoms with van der Waals surface area (Å²) in [7, 11) is 1.20. The van der Waals surface area contributed by atoms with Crippen molar-refractivity contribution in [3.8, 4) is 5.75 Å². The molecule has 0 aromatic heterocycles. The zero-order valence-electron chi connectivity index (χ0n) is 11.8. The summed E-state index contributed by atoms with van der Waals surface area (Å²) in [5.41, 5.74) is 0.102. The van der Waals surface area contributed by atoms with Crippen LogP contribution in [0.2, 0.25) is 0 Å². The van der Waals surface area contributed by atoms with Gasteiger partial charge < -0.3 is 24.8 Å². The second kappa shape index (κ2) is 7.61. The van der Waals surface area contributed by atoms with E-state index >= 15 is 0 Å². The van der Waals surface area contributed by atoms with Crippen LogP contribution in [0.1, 0.15) is 35.4 Å². The van der Waals surface area contributed by atoms with Gasteiger partial charge in [0, 0.05) is 5.56 Å². The molecule has 0 heterocycles. The standard InChI is InChI=1S/C14H18O7/c1-3-21-12(17)7-11(16)13(18)9-5-4-8(6-10(9)15)14(19)20-2/h4-6,11,13,15-16,18H,3,7H2,1-2H3. The molecule has 7 heteroatoms. The number of phenolic OH excluding ortho intramolecular Hbond substituents is 1. The first-order valence-electron chi connectivity index (χ1n) is 6.33. The summed E-state index contributed by atoms with van der Waals surface area (Å²) < 4.78 is 9.16. The van der Waals surface area contributed by atoms with E-state index in [1.54, 1.807) is 6.92 Å². The van der Waals surface area contributed by atoms with Crippen LogP contribution in [-0.2, 0) is 14.3 Å². The number of aromatic hydroxyl groups is 1. The van der Waals surface area contributed by atoms with Crippen molar-refractivity contribution < 1.29 is 34.4 Å². The topological polar surface area (TPSA) is 113 Å². The van der Waals surface area contributed by atoms with E-state index in [0.29, 0.717) is 0 Å². The fraction of sp³-hybridized carbons (Fsp3) is 0.429. The normalized spacial score (nSPS) is 13.3. The number of benzene rings is 1. The Morgan fingerprint density at radius 2 is 1.95 bits per heavy atom. The van der Waals surface area contributed by atoms with Gasteiger partial charge in [-0.2, -0.15) is 0 Å². The first-order chi connectivity index (χ1) is 9.90. The Morgan fingerprint density at radius 1 is 1.29 bits per heavy atom. The molecule has 2 atom stereocenters. The average Bonchev–Trinajstić information content (AvgIpc) is 2.45. The maximum Gasteiger partial charge on any atom is 0.337 e. The van der Waals surface area contributed by atoms with Crippen molar-refractivity contribution in [2.75, 3.05) is 13.7 Å². The highest BCUT2D eigenvalue weighted by Gasteiger charge is 2.25. The highest BCUT2D eigenvalue weighted by molar-refractivity contribution is 5.89. The van der Waals surface area contributed by atoms with Crippen LogP contribution in [0.25, 0.3) is 0 Å². The summed E-state index contributed by atoms with van der Waals surface area (Å²) in [4.78, 5) is 22.5. The zero-order chi connectivity index (χ0) is 16.0. The molecule has 0 aliphatic carbocycles. The number of aliphatic hydroxyl groups is 2. The van der Waals surface area contributed by atoms with Gasteiger partial charge in [0.15, 0.2) is 0 Å². The SMILES string of the molecule is CCOC(=O)CC(O)C(O)c1ccc(C(=O)OC)cc1O. The molecule has 1 rings (SSSR count). The second-order valence-electron chi connectivity index (χ2n) is 4.29. The molecule has 0 radical (unpaired) electrons. The molecule has 0 amide bonds. The smallest absolute Gasteiger partial charge is 0.337 e. The van der Waals surface area contributed by atoms with Crippen molar-refractivity contribution in [1.29, 1.82) is 0 Å². The van der Waals surface area contributed by atoms with E-state index in [-0.39, 0.29) is 23.5 Å². The predicted molar refractivity (Wildman–Crippen MR) is 71.7 cm³/mol. The van der Waals surface area contributed by atoms with Gasteiger partial charge in [-0.1, -0.05) is 6.07 Å². The molecule has 116 valence electrons. The van der Waals surface area contributed by atoms with E-state index < -0.39 is 30.6 Å². The van der Waals surface area contributed by atoms with Gasteiger partial charge >= 0.3 is 11.9 Å². The number of esters is 2. The fourth-order valence-corrected chi connectivity index (χ4v) is 1.75. The second-order valence-corrected chi connectivity index (χ2v) is 4.29. The number of methoxy groups -OCH3 is 1. The maximum atomic E-state index is 11.3. The molecule has 0 aliphatic rings. The first-order valence-corrected chi connectivity index (χ1v) is 6.33. The molecule has 2 unspecified atom stereocenters.